The number of nitrogens with zero attached hydrogens (tertiary/aromatic N) is 1. The Hall–Kier alpha value is -3.18. The van der Waals surface area contributed by atoms with Gasteiger partial charge in [0.25, 0.3) is 5.91 Å². The van der Waals surface area contributed by atoms with E-state index in [1.165, 1.54) is 16.2 Å². The topological polar surface area (TPSA) is 57.6 Å². The zero-order chi connectivity index (χ0) is 19.8. The molecule has 1 aliphatic rings. The summed E-state index contributed by atoms with van der Waals surface area (Å²) in [5, 5.41) is 12.5. The lowest BCUT2D eigenvalue weighted by Crippen LogP contribution is -2.31. The minimum Gasteiger partial charge on any atom is -0.503 e. The average molecular weight is 389 g/mol. The lowest BCUT2D eigenvalue weighted by Gasteiger charge is -2.28. The molecule has 2 heterocycles. The SMILES string of the molecule is Cc1ccc(C)c(N2C(=O)C(O)=C(C(=O)c3cccs3)C2c2ccccc2)c1. The van der Waals surface area contributed by atoms with Gasteiger partial charge in [0, 0.05) is 5.69 Å². The van der Waals surface area contributed by atoms with Crippen LogP contribution in [-0.2, 0) is 4.79 Å². The summed E-state index contributed by atoms with van der Waals surface area (Å²) in [7, 11) is 0. The second kappa shape index (κ2) is 7.09. The van der Waals surface area contributed by atoms with Crippen LogP contribution in [0.25, 0.3) is 0 Å². The van der Waals surface area contributed by atoms with Gasteiger partial charge in [-0.2, -0.15) is 0 Å². The number of rotatable bonds is 4. The molecular weight excluding hydrogens is 370 g/mol. The van der Waals surface area contributed by atoms with E-state index in [9.17, 15) is 14.7 Å². The number of aliphatic hydroxyl groups excluding tert-OH is 1. The van der Waals surface area contributed by atoms with E-state index in [2.05, 4.69) is 0 Å². The van der Waals surface area contributed by atoms with Crippen molar-refractivity contribution in [3.8, 4) is 0 Å². The standard InChI is InChI=1S/C23H19NO3S/c1-14-10-11-15(2)17(13-14)24-20(16-7-4-3-5-8-16)19(22(26)23(24)27)21(25)18-9-6-12-28-18/h3-13,20,26H,1-2H3. The number of aliphatic hydroxyl groups is 1. The van der Waals surface area contributed by atoms with Gasteiger partial charge in [0.05, 0.1) is 16.5 Å². The molecule has 1 aromatic heterocycles. The Labute approximate surface area is 167 Å². The van der Waals surface area contributed by atoms with Crippen LogP contribution in [0.3, 0.4) is 0 Å². The number of hydrogen-bond donors (Lipinski definition) is 1. The number of carbonyl (C=O) groups is 2. The highest BCUT2D eigenvalue weighted by Gasteiger charge is 2.45. The summed E-state index contributed by atoms with van der Waals surface area (Å²) in [6, 6.07) is 18.0. The van der Waals surface area contributed by atoms with E-state index in [1.54, 1.807) is 12.1 Å². The number of hydrogen-bond acceptors (Lipinski definition) is 4. The molecule has 2 aromatic carbocycles. The summed E-state index contributed by atoms with van der Waals surface area (Å²) >= 11 is 1.30. The Kier molecular flexibility index (Phi) is 4.61. The first-order valence-corrected chi connectivity index (χ1v) is 9.84. The van der Waals surface area contributed by atoms with Crippen LogP contribution >= 0.6 is 11.3 Å². The third-order valence-corrected chi connectivity index (χ3v) is 5.81. The van der Waals surface area contributed by atoms with E-state index in [1.807, 2.05) is 67.8 Å². The van der Waals surface area contributed by atoms with Crippen LogP contribution < -0.4 is 4.90 Å². The first kappa shape index (κ1) is 18.2. The van der Waals surface area contributed by atoms with Gasteiger partial charge in [0.2, 0.25) is 5.78 Å². The fourth-order valence-corrected chi connectivity index (χ4v) is 4.23. The second-order valence-electron chi connectivity index (χ2n) is 6.85. The minimum atomic E-state index is -0.677. The van der Waals surface area contributed by atoms with Crippen LogP contribution in [-0.4, -0.2) is 16.8 Å². The van der Waals surface area contributed by atoms with Crippen molar-refractivity contribution in [3.63, 3.8) is 0 Å². The second-order valence-corrected chi connectivity index (χ2v) is 7.79. The highest BCUT2D eigenvalue weighted by molar-refractivity contribution is 7.12. The maximum absolute atomic E-state index is 13.2. The number of anilines is 1. The van der Waals surface area contributed by atoms with Gasteiger partial charge in [-0.15, -0.1) is 11.3 Å². The van der Waals surface area contributed by atoms with Crippen molar-refractivity contribution in [1.29, 1.82) is 0 Å². The summed E-state index contributed by atoms with van der Waals surface area (Å²) in [6.07, 6.45) is 0. The van der Waals surface area contributed by atoms with Crippen molar-refractivity contribution < 1.29 is 14.7 Å². The highest BCUT2D eigenvalue weighted by Crippen LogP contribution is 2.43. The molecule has 0 saturated heterocycles. The lowest BCUT2D eigenvalue weighted by atomic mass is 9.95. The molecule has 28 heavy (non-hydrogen) atoms. The molecule has 3 aromatic rings. The number of ketones is 1. The average Bonchev–Trinajstić information content (AvgIpc) is 3.32. The summed E-state index contributed by atoms with van der Waals surface area (Å²) < 4.78 is 0. The number of Topliss-reactive ketones (excluding diaryl/α,β-unsaturated/α-hetero) is 1. The number of aryl methyl sites for hydroxylation is 2. The van der Waals surface area contributed by atoms with Gasteiger partial charge in [-0.25, -0.2) is 0 Å². The summed E-state index contributed by atoms with van der Waals surface area (Å²) in [4.78, 5) is 28.3. The molecule has 0 spiro atoms. The Morgan fingerprint density at radius 1 is 1.04 bits per heavy atom. The predicted molar refractivity (Wildman–Crippen MR) is 111 cm³/mol. The lowest BCUT2D eigenvalue weighted by molar-refractivity contribution is -0.117. The molecule has 0 bridgehead atoms. The molecule has 0 aliphatic carbocycles. The van der Waals surface area contributed by atoms with Crippen LogP contribution in [0.2, 0.25) is 0 Å². The van der Waals surface area contributed by atoms with Crippen molar-refractivity contribution in [2.24, 2.45) is 0 Å². The fraction of sp³-hybridized carbons (Fsp3) is 0.130. The van der Waals surface area contributed by atoms with Crippen molar-refractivity contribution >= 4 is 28.7 Å². The monoisotopic (exact) mass is 389 g/mol. The third-order valence-electron chi connectivity index (χ3n) is 4.94. The van der Waals surface area contributed by atoms with Crippen LogP contribution in [0.1, 0.15) is 32.4 Å². The van der Waals surface area contributed by atoms with Crippen molar-refractivity contribution in [2.75, 3.05) is 4.90 Å². The van der Waals surface area contributed by atoms with Gasteiger partial charge in [-0.3, -0.25) is 14.5 Å². The molecule has 140 valence electrons. The molecular formula is C23H19NO3S. The van der Waals surface area contributed by atoms with E-state index in [0.29, 0.717) is 10.6 Å². The number of carbonyl (C=O) groups excluding carboxylic acids is 2. The minimum absolute atomic E-state index is 0.125. The molecule has 1 amide bonds. The predicted octanol–water partition coefficient (Wildman–Crippen LogP) is 5.15. The molecule has 1 atom stereocenters. The van der Waals surface area contributed by atoms with E-state index >= 15 is 0 Å². The van der Waals surface area contributed by atoms with Crippen LogP contribution in [0.5, 0.6) is 0 Å². The molecule has 4 rings (SSSR count). The Bertz CT molecular complexity index is 1080. The zero-order valence-electron chi connectivity index (χ0n) is 15.5. The maximum atomic E-state index is 13.2. The molecule has 1 N–H and O–H groups in total. The highest BCUT2D eigenvalue weighted by atomic mass is 32.1. The van der Waals surface area contributed by atoms with Gasteiger partial charge in [-0.1, -0.05) is 48.5 Å². The number of amides is 1. The summed E-state index contributed by atoms with van der Waals surface area (Å²) in [5.41, 5.74) is 3.50. The molecule has 0 fully saturated rings. The molecule has 1 unspecified atom stereocenters. The molecule has 4 nitrogen and oxygen atoms in total. The first-order valence-electron chi connectivity index (χ1n) is 8.96. The molecule has 0 radical (unpaired) electrons. The molecule has 1 aliphatic heterocycles. The molecule has 5 heteroatoms. The van der Waals surface area contributed by atoms with Crippen molar-refractivity contribution in [2.45, 2.75) is 19.9 Å². The third kappa shape index (κ3) is 2.94. The van der Waals surface area contributed by atoms with Crippen molar-refractivity contribution in [1.82, 2.24) is 0 Å². The smallest absolute Gasteiger partial charge is 0.294 e. The van der Waals surface area contributed by atoms with Crippen molar-refractivity contribution in [3.05, 3.63) is 98.9 Å². The quantitative estimate of drug-likeness (QED) is 0.628. The summed E-state index contributed by atoms with van der Waals surface area (Å²) in [6.45, 7) is 3.87. The van der Waals surface area contributed by atoms with E-state index in [0.717, 1.165) is 16.7 Å². The van der Waals surface area contributed by atoms with Crippen LogP contribution in [0.15, 0.2) is 77.4 Å². The van der Waals surface area contributed by atoms with Gasteiger partial charge < -0.3 is 5.11 Å². The number of benzene rings is 2. The summed E-state index contributed by atoms with van der Waals surface area (Å²) in [5.74, 6) is -1.35. The van der Waals surface area contributed by atoms with Crippen LogP contribution in [0, 0.1) is 13.8 Å². The van der Waals surface area contributed by atoms with Gasteiger partial charge in [-0.05, 0) is 48.1 Å². The van der Waals surface area contributed by atoms with E-state index < -0.39 is 17.7 Å². The van der Waals surface area contributed by atoms with Gasteiger partial charge in [0.1, 0.15) is 0 Å². The Balaban J connectivity index is 1.92. The van der Waals surface area contributed by atoms with E-state index in [4.69, 9.17) is 0 Å². The number of thiophene rings is 1. The van der Waals surface area contributed by atoms with Gasteiger partial charge >= 0.3 is 0 Å². The normalized spacial score (nSPS) is 16.7. The largest absolute Gasteiger partial charge is 0.503 e. The Morgan fingerprint density at radius 2 is 1.79 bits per heavy atom. The zero-order valence-corrected chi connectivity index (χ0v) is 16.4. The first-order chi connectivity index (χ1) is 13.5. The van der Waals surface area contributed by atoms with Gasteiger partial charge in [0.15, 0.2) is 5.76 Å². The van der Waals surface area contributed by atoms with Crippen LogP contribution in [0.4, 0.5) is 5.69 Å². The maximum Gasteiger partial charge on any atom is 0.294 e. The fourth-order valence-electron chi connectivity index (χ4n) is 3.56. The molecule has 0 saturated carbocycles. The van der Waals surface area contributed by atoms with E-state index in [-0.39, 0.29) is 11.4 Å². The Morgan fingerprint density at radius 3 is 2.46 bits per heavy atom.